The fraction of sp³-hybridized carbons (Fsp3) is 0.125. The summed E-state index contributed by atoms with van der Waals surface area (Å²) < 4.78 is 11.7. The van der Waals surface area contributed by atoms with Gasteiger partial charge in [-0.1, -0.05) is 12.1 Å². The van der Waals surface area contributed by atoms with Crippen molar-refractivity contribution in [1.29, 1.82) is 0 Å². The molecule has 0 spiro atoms. The van der Waals surface area contributed by atoms with Gasteiger partial charge in [-0.2, -0.15) is 0 Å². The second-order valence-electron chi connectivity index (χ2n) is 4.54. The molecule has 0 aliphatic carbocycles. The molecule has 3 amide bonds. The van der Waals surface area contributed by atoms with Crippen molar-refractivity contribution in [1.82, 2.24) is 5.32 Å². The van der Waals surface area contributed by atoms with Gasteiger partial charge in [-0.05, 0) is 56.1 Å². The molecule has 0 bridgehead atoms. The summed E-state index contributed by atoms with van der Waals surface area (Å²) in [6.45, 7) is 0. The van der Waals surface area contributed by atoms with Crippen LogP contribution in [-0.2, 0) is 0 Å². The van der Waals surface area contributed by atoms with Gasteiger partial charge < -0.3 is 14.8 Å². The number of nitrogens with one attached hydrogen (secondary N) is 2. The molecule has 0 saturated carbocycles. The lowest BCUT2D eigenvalue weighted by molar-refractivity contribution is 0.0961. The number of ether oxygens (including phenoxy) is 2. The second-order valence-corrected chi connectivity index (χ2v) is 6.25. The molecule has 2 rings (SSSR count). The Morgan fingerprint density at radius 1 is 0.917 bits per heavy atom. The normalized spacial score (nSPS) is 10.0. The number of methoxy groups -OCH3 is 2. The van der Waals surface area contributed by atoms with Crippen molar-refractivity contribution in [2.45, 2.75) is 0 Å². The molecular formula is C16H14Br2N2O4. The monoisotopic (exact) mass is 456 g/mol. The van der Waals surface area contributed by atoms with Crippen molar-refractivity contribution in [2.24, 2.45) is 0 Å². The predicted molar refractivity (Wildman–Crippen MR) is 97.9 cm³/mol. The van der Waals surface area contributed by atoms with E-state index < -0.39 is 11.9 Å². The minimum Gasteiger partial charge on any atom is -0.496 e. The van der Waals surface area contributed by atoms with Crippen LogP contribution in [0.15, 0.2) is 45.3 Å². The molecule has 0 saturated heterocycles. The minimum absolute atomic E-state index is 0.142. The Morgan fingerprint density at radius 2 is 1.42 bits per heavy atom. The number of rotatable bonds is 4. The summed E-state index contributed by atoms with van der Waals surface area (Å²) in [6.07, 6.45) is 0. The van der Waals surface area contributed by atoms with Gasteiger partial charge in [0.2, 0.25) is 0 Å². The number of amides is 3. The maximum atomic E-state index is 12.4. The van der Waals surface area contributed by atoms with Gasteiger partial charge in [-0.15, -0.1) is 0 Å². The van der Waals surface area contributed by atoms with E-state index in [1.807, 2.05) is 6.07 Å². The highest BCUT2D eigenvalue weighted by atomic mass is 79.9. The van der Waals surface area contributed by atoms with E-state index in [1.54, 1.807) is 30.3 Å². The molecule has 0 unspecified atom stereocenters. The van der Waals surface area contributed by atoms with Crippen LogP contribution in [0, 0.1) is 0 Å². The summed E-state index contributed by atoms with van der Waals surface area (Å²) in [5, 5.41) is 4.87. The lowest BCUT2D eigenvalue weighted by Crippen LogP contribution is -2.35. The smallest absolute Gasteiger partial charge is 0.326 e. The molecule has 2 aromatic carbocycles. The van der Waals surface area contributed by atoms with E-state index in [0.29, 0.717) is 26.1 Å². The van der Waals surface area contributed by atoms with Crippen molar-refractivity contribution in [3.63, 3.8) is 0 Å². The van der Waals surface area contributed by atoms with Crippen LogP contribution in [0.2, 0.25) is 0 Å². The van der Waals surface area contributed by atoms with Crippen LogP contribution in [0.5, 0.6) is 11.5 Å². The zero-order valence-electron chi connectivity index (χ0n) is 12.9. The van der Waals surface area contributed by atoms with Gasteiger partial charge in [0.1, 0.15) is 17.1 Å². The van der Waals surface area contributed by atoms with Gasteiger partial charge in [0, 0.05) is 8.95 Å². The number of benzene rings is 2. The molecule has 8 heteroatoms. The largest absolute Gasteiger partial charge is 0.496 e. The highest BCUT2D eigenvalue weighted by Crippen LogP contribution is 2.31. The summed E-state index contributed by atoms with van der Waals surface area (Å²) in [5.41, 5.74) is 0.652. The van der Waals surface area contributed by atoms with Crippen molar-refractivity contribution < 1.29 is 19.1 Å². The zero-order valence-corrected chi connectivity index (χ0v) is 16.0. The van der Waals surface area contributed by atoms with Gasteiger partial charge in [0.15, 0.2) is 0 Å². The average molecular weight is 458 g/mol. The molecule has 0 aliphatic rings. The number of para-hydroxylation sites is 1. The first kappa shape index (κ1) is 18.3. The van der Waals surface area contributed by atoms with Crippen LogP contribution in [0.25, 0.3) is 0 Å². The van der Waals surface area contributed by atoms with E-state index in [1.165, 1.54) is 14.2 Å². The molecule has 0 heterocycles. The molecule has 0 aliphatic heterocycles. The number of hydrogen-bond acceptors (Lipinski definition) is 4. The van der Waals surface area contributed by atoms with Crippen LogP contribution in [-0.4, -0.2) is 26.2 Å². The van der Waals surface area contributed by atoms with Gasteiger partial charge in [-0.25, -0.2) is 4.79 Å². The fourth-order valence-electron chi connectivity index (χ4n) is 2.00. The summed E-state index contributed by atoms with van der Waals surface area (Å²) in [7, 11) is 2.87. The van der Waals surface area contributed by atoms with E-state index in [-0.39, 0.29) is 5.56 Å². The minimum atomic E-state index is -0.680. The number of hydrogen-bond donors (Lipinski definition) is 2. The molecule has 0 fully saturated rings. The Hall–Kier alpha value is -2.06. The molecule has 0 radical (unpaired) electrons. The standard InChI is InChI=1S/C16H14Br2N2O4/c1-23-11-7-4-8-12(24-2)13(11)15(21)20-16(22)19-14-9(17)5-3-6-10(14)18/h3-8H,1-2H3,(H2,19,20,21,22). The van der Waals surface area contributed by atoms with Gasteiger partial charge in [0.25, 0.3) is 5.91 Å². The van der Waals surface area contributed by atoms with E-state index in [9.17, 15) is 9.59 Å². The van der Waals surface area contributed by atoms with Crippen LogP contribution in [0.4, 0.5) is 10.5 Å². The molecule has 2 N–H and O–H groups in total. The summed E-state index contributed by atoms with van der Waals surface area (Å²) in [5.74, 6) is -0.0200. The first-order valence-corrected chi connectivity index (χ1v) is 8.33. The number of carbonyl (C=O) groups excluding carboxylic acids is 2. The number of halogens is 2. The first-order chi connectivity index (χ1) is 11.5. The van der Waals surface area contributed by atoms with E-state index in [2.05, 4.69) is 42.5 Å². The highest BCUT2D eigenvalue weighted by Gasteiger charge is 2.20. The number of anilines is 1. The van der Waals surface area contributed by atoms with Crippen molar-refractivity contribution in [3.05, 3.63) is 50.9 Å². The van der Waals surface area contributed by atoms with Crippen LogP contribution < -0.4 is 20.1 Å². The second kappa shape index (κ2) is 8.16. The lowest BCUT2D eigenvalue weighted by Gasteiger charge is -2.13. The third-order valence-electron chi connectivity index (χ3n) is 3.08. The first-order valence-electron chi connectivity index (χ1n) is 6.75. The third-order valence-corrected chi connectivity index (χ3v) is 4.40. The Balaban J connectivity index is 2.20. The van der Waals surface area contributed by atoms with E-state index in [4.69, 9.17) is 9.47 Å². The molecule has 0 aromatic heterocycles. The summed E-state index contributed by atoms with van der Waals surface area (Å²) in [4.78, 5) is 24.6. The Kier molecular flexibility index (Phi) is 6.22. The number of urea groups is 1. The maximum Gasteiger partial charge on any atom is 0.326 e. The molecule has 126 valence electrons. The predicted octanol–water partition coefficient (Wildman–Crippen LogP) is 4.19. The van der Waals surface area contributed by atoms with E-state index >= 15 is 0 Å². The highest BCUT2D eigenvalue weighted by molar-refractivity contribution is 9.11. The van der Waals surface area contributed by atoms with Crippen molar-refractivity contribution in [3.8, 4) is 11.5 Å². The van der Waals surface area contributed by atoms with Crippen LogP contribution in [0.3, 0.4) is 0 Å². The van der Waals surface area contributed by atoms with Crippen molar-refractivity contribution in [2.75, 3.05) is 19.5 Å². The molecule has 0 atom stereocenters. The molecular weight excluding hydrogens is 444 g/mol. The Bertz CT molecular complexity index is 738. The molecule has 2 aromatic rings. The van der Waals surface area contributed by atoms with Crippen LogP contribution in [0.1, 0.15) is 10.4 Å². The van der Waals surface area contributed by atoms with Crippen molar-refractivity contribution >= 4 is 49.5 Å². The average Bonchev–Trinajstić information content (AvgIpc) is 2.57. The number of imide groups is 1. The Morgan fingerprint density at radius 3 is 1.92 bits per heavy atom. The lowest BCUT2D eigenvalue weighted by atomic mass is 10.1. The zero-order chi connectivity index (χ0) is 17.7. The quantitative estimate of drug-likeness (QED) is 0.721. The molecule has 24 heavy (non-hydrogen) atoms. The van der Waals surface area contributed by atoms with E-state index in [0.717, 1.165) is 0 Å². The fourth-order valence-corrected chi connectivity index (χ4v) is 3.20. The topological polar surface area (TPSA) is 76.7 Å². The molecule has 6 nitrogen and oxygen atoms in total. The van der Waals surface area contributed by atoms with Gasteiger partial charge in [0.05, 0.1) is 19.9 Å². The maximum absolute atomic E-state index is 12.4. The van der Waals surface area contributed by atoms with Gasteiger partial charge >= 0.3 is 6.03 Å². The number of carbonyl (C=O) groups is 2. The van der Waals surface area contributed by atoms with Crippen LogP contribution >= 0.6 is 31.9 Å². The SMILES string of the molecule is COc1cccc(OC)c1C(=O)NC(=O)Nc1c(Br)cccc1Br. The summed E-state index contributed by atoms with van der Waals surface area (Å²) >= 11 is 6.67. The summed E-state index contributed by atoms with van der Waals surface area (Å²) in [6, 6.07) is 9.58. The Labute approximate surface area is 155 Å². The van der Waals surface area contributed by atoms with Gasteiger partial charge in [-0.3, -0.25) is 10.1 Å². The third kappa shape index (κ3) is 4.07.